The van der Waals surface area contributed by atoms with E-state index in [9.17, 15) is 0 Å². The topological polar surface area (TPSA) is 74.6 Å². The zero-order valence-corrected chi connectivity index (χ0v) is 10.1. The smallest absolute Gasteiger partial charge is 0.161 e. The minimum Gasteiger partial charge on any atom is -0.161 e. The van der Waals surface area contributed by atoms with Crippen molar-refractivity contribution in [1.82, 2.24) is 0 Å². The zero-order chi connectivity index (χ0) is 7.15. The fourth-order valence-electron chi connectivity index (χ4n) is 0. The molecule has 4 nitrogen and oxygen atoms in total. The first-order valence-electron chi connectivity index (χ1n) is 1.66. The Morgan fingerprint density at radius 1 is 1.00 bits per heavy atom. The van der Waals surface area contributed by atoms with E-state index >= 15 is 0 Å². The minimum atomic E-state index is -1.87. The Labute approximate surface area is 68.2 Å². The molecule has 0 aliphatic heterocycles. The second kappa shape index (κ2) is 11.5. The van der Waals surface area contributed by atoms with Gasteiger partial charge in [-0.2, -0.15) is 9.79 Å². The van der Waals surface area contributed by atoms with Gasteiger partial charge in [0.05, 0.1) is 0 Å². The molecular weight excluding hydrogens is 215 g/mol. The SMILES string of the molecule is C[P+](=O)O.C[P+](=O)O.[Zn]. The average Bonchev–Trinajstić information content (AvgIpc) is 1.25. The van der Waals surface area contributed by atoms with E-state index in [4.69, 9.17) is 18.9 Å². The monoisotopic (exact) mass is 222 g/mol. The molecule has 0 aliphatic rings. The quantitative estimate of drug-likeness (QED) is 0.468. The van der Waals surface area contributed by atoms with Crippen molar-refractivity contribution < 1.29 is 38.4 Å². The molecule has 0 fully saturated rings. The van der Waals surface area contributed by atoms with Crippen molar-refractivity contribution in [2.24, 2.45) is 0 Å². The van der Waals surface area contributed by atoms with Gasteiger partial charge in [-0.1, -0.05) is 0 Å². The third-order valence-corrected chi connectivity index (χ3v) is 0. The molecule has 0 aromatic heterocycles. The van der Waals surface area contributed by atoms with Gasteiger partial charge in [-0.25, -0.2) is 0 Å². The summed E-state index contributed by atoms with van der Waals surface area (Å²) >= 11 is 0. The van der Waals surface area contributed by atoms with Gasteiger partial charge in [0, 0.05) is 19.5 Å². The van der Waals surface area contributed by atoms with E-state index in [-0.39, 0.29) is 19.5 Å². The molecule has 9 heavy (non-hydrogen) atoms. The van der Waals surface area contributed by atoms with E-state index < -0.39 is 16.1 Å². The van der Waals surface area contributed by atoms with E-state index in [0.29, 0.717) is 0 Å². The third kappa shape index (κ3) is 719. The molecule has 2 atom stereocenters. The molecule has 0 rings (SSSR count). The Hall–Kier alpha value is 0.743. The van der Waals surface area contributed by atoms with Crippen LogP contribution in [-0.2, 0) is 28.6 Å². The van der Waals surface area contributed by atoms with Crippen LogP contribution in [-0.4, -0.2) is 23.1 Å². The van der Waals surface area contributed by atoms with Crippen molar-refractivity contribution >= 4 is 16.1 Å². The van der Waals surface area contributed by atoms with E-state index in [0.717, 1.165) is 0 Å². The molecule has 0 saturated heterocycles. The normalized spacial score (nSPS) is 9.78. The fourth-order valence-corrected chi connectivity index (χ4v) is 0. The van der Waals surface area contributed by atoms with Gasteiger partial charge in [-0.3, -0.25) is 0 Å². The maximum Gasteiger partial charge on any atom is 0.502 e. The Bertz CT molecular complexity index is 74.6. The first-order valence-corrected chi connectivity index (χ1v) is 4.98. The Balaban J connectivity index is -0.0000000720. The summed E-state index contributed by atoms with van der Waals surface area (Å²) < 4.78 is 18.3. The first-order chi connectivity index (χ1) is 3.46. The number of hydrogen-bond acceptors (Lipinski definition) is 2. The van der Waals surface area contributed by atoms with E-state index in [1.807, 2.05) is 0 Å². The van der Waals surface area contributed by atoms with Crippen LogP contribution < -0.4 is 0 Å². The van der Waals surface area contributed by atoms with Gasteiger partial charge >= 0.3 is 16.1 Å². The molecule has 0 aromatic rings. The molecule has 0 aliphatic carbocycles. The van der Waals surface area contributed by atoms with Crippen molar-refractivity contribution in [2.75, 3.05) is 13.3 Å². The van der Waals surface area contributed by atoms with Crippen LogP contribution in [0.2, 0.25) is 0 Å². The van der Waals surface area contributed by atoms with Crippen LogP contribution in [0, 0.1) is 0 Å². The molecule has 50 valence electrons. The number of hydrogen-bond donors (Lipinski definition) is 2. The number of rotatable bonds is 0. The van der Waals surface area contributed by atoms with Crippen LogP contribution in [0.1, 0.15) is 0 Å². The summed E-state index contributed by atoms with van der Waals surface area (Å²) in [6, 6.07) is 0. The molecule has 7 heteroatoms. The van der Waals surface area contributed by atoms with Crippen LogP contribution in [0.25, 0.3) is 0 Å². The molecule has 0 spiro atoms. The van der Waals surface area contributed by atoms with E-state index in [2.05, 4.69) is 0 Å². The Morgan fingerprint density at radius 2 is 1.00 bits per heavy atom. The average molecular weight is 223 g/mol. The van der Waals surface area contributed by atoms with Crippen LogP contribution in [0.15, 0.2) is 0 Å². The predicted octanol–water partition coefficient (Wildman–Crippen LogP) is 0.699. The largest absolute Gasteiger partial charge is 0.502 e. The summed E-state index contributed by atoms with van der Waals surface area (Å²) in [6.45, 7) is 2.46. The summed E-state index contributed by atoms with van der Waals surface area (Å²) in [5.41, 5.74) is 0. The maximum atomic E-state index is 9.15. The fraction of sp³-hybridized carbons (Fsp3) is 1.00. The van der Waals surface area contributed by atoms with Gasteiger partial charge in [0.2, 0.25) is 0 Å². The molecule has 2 N–H and O–H groups in total. The van der Waals surface area contributed by atoms with Gasteiger partial charge in [0.25, 0.3) is 0 Å². The van der Waals surface area contributed by atoms with Crippen molar-refractivity contribution in [2.45, 2.75) is 0 Å². The second-order valence-corrected chi connectivity index (χ2v) is 2.79. The molecule has 0 saturated carbocycles. The van der Waals surface area contributed by atoms with Crippen molar-refractivity contribution in [1.29, 1.82) is 0 Å². The van der Waals surface area contributed by atoms with Crippen molar-refractivity contribution in [3.8, 4) is 0 Å². The third-order valence-electron chi connectivity index (χ3n) is 0. The van der Waals surface area contributed by atoms with Gasteiger partial charge in [0.15, 0.2) is 13.3 Å². The first kappa shape index (κ1) is 16.4. The van der Waals surface area contributed by atoms with Crippen LogP contribution >= 0.6 is 16.1 Å². The summed E-state index contributed by atoms with van der Waals surface area (Å²) in [6.07, 6.45) is 0. The van der Waals surface area contributed by atoms with Crippen LogP contribution in [0.4, 0.5) is 0 Å². The molecular formula is C2H8O4P2Zn+2. The standard InChI is InChI=1S/2CH3O2P.Zn/c2*1-4(2)3;/h2*1H3;/p+2. The van der Waals surface area contributed by atoms with Crippen molar-refractivity contribution in [3.05, 3.63) is 0 Å². The van der Waals surface area contributed by atoms with Crippen molar-refractivity contribution in [3.63, 3.8) is 0 Å². The summed E-state index contributed by atoms with van der Waals surface area (Å²) in [4.78, 5) is 15.1. The molecule has 0 radical (unpaired) electrons. The molecule has 0 heterocycles. The van der Waals surface area contributed by atoms with E-state index in [1.54, 1.807) is 0 Å². The van der Waals surface area contributed by atoms with Crippen LogP contribution in [0.5, 0.6) is 0 Å². The van der Waals surface area contributed by atoms with E-state index in [1.165, 1.54) is 13.3 Å². The molecule has 2 unspecified atom stereocenters. The Morgan fingerprint density at radius 3 is 1.00 bits per heavy atom. The molecule has 0 aromatic carbocycles. The molecule has 0 amide bonds. The van der Waals surface area contributed by atoms with Gasteiger partial charge in [0.1, 0.15) is 0 Å². The molecule has 0 bridgehead atoms. The van der Waals surface area contributed by atoms with Crippen LogP contribution in [0.3, 0.4) is 0 Å². The van der Waals surface area contributed by atoms with Gasteiger partial charge in [-0.05, 0) is 9.13 Å². The summed E-state index contributed by atoms with van der Waals surface area (Å²) in [7, 11) is -3.74. The second-order valence-electron chi connectivity index (χ2n) is 0.928. The maximum absolute atomic E-state index is 9.15. The summed E-state index contributed by atoms with van der Waals surface area (Å²) in [5.74, 6) is 0. The summed E-state index contributed by atoms with van der Waals surface area (Å²) in [5, 5.41) is 0. The minimum absolute atomic E-state index is 0. The van der Waals surface area contributed by atoms with Gasteiger partial charge < -0.3 is 0 Å². The zero-order valence-electron chi connectivity index (χ0n) is 5.31. The predicted molar refractivity (Wildman–Crippen MR) is 31.5 cm³/mol. The Kier molecular flexibility index (Phi) is 21.0. The van der Waals surface area contributed by atoms with Gasteiger partial charge in [-0.15, -0.1) is 0 Å².